The van der Waals surface area contributed by atoms with Crippen LogP contribution in [0.2, 0.25) is 0 Å². The second kappa shape index (κ2) is 2.71. The number of hydrogen-bond acceptors (Lipinski definition) is 3. The van der Waals surface area contributed by atoms with Crippen LogP contribution in [0.25, 0.3) is 0 Å². The van der Waals surface area contributed by atoms with Gasteiger partial charge in [0.25, 0.3) is 0 Å². The maximum atomic E-state index is 11.0. The lowest BCUT2D eigenvalue weighted by atomic mass is 9.91. The monoisotopic (exact) mass is 147 g/mol. The van der Waals surface area contributed by atoms with Crippen LogP contribution in [0.3, 0.4) is 0 Å². The quantitative estimate of drug-likeness (QED) is 0.426. The highest BCUT2D eigenvalue weighted by Crippen LogP contribution is 2.16. The lowest BCUT2D eigenvalue weighted by molar-refractivity contribution is -0.125. The summed E-state index contributed by atoms with van der Waals surface area (Å²) in [4.78, 5) is 11.0. The van der Waals surface area contributed by atoms with Crippen LogP contribution in [0.4, 0.5) is 0 Å². The first-order valence-electron chi connectivity index (χ1n) is 2.83. The van der Waals surface area contributed by atoms with Gasteiger partial charge < -0.3 is 5.73 Å². The summed E-state index contributed by atoms with van der Waals surface area (Å²) in [6.45, 7) is 5.47. The molecule has 0 saturated heterocycles. The molecule has 0 aliphatic rings. The predicted molar refractivity (Wildman–Crippen MR) is 41.4 cm³/mol. The number of carbonyl (C=O) groups is 1. The van der Waals surface area contributed by atoms with E-state index in [1.807, 2.05) is 20.8 Å². The Morgan fingerprint density at radius 1 is 1.56 bits per heavy atom. The van der Waals surface area contributed by atoms with E-state index in [-0.39, 0.29) is 11.2 Å². The van der Waals surface area contributed by atoms with Gasteiger partial charge in [0.15, 0.2) is 5.78 Å². The Hall–Kier alpha value is -0.0200. The van der Waals surface area contributed by atoms with Gasteiger partial charge in [0.1, 0.15) is 5.37 Å². The SMILES string of the molecule is CC(C)(C)C(=O)C(N)S. The molecule has 1 atom stereocenters. The highest BCUT2D eigenvalue weighted by atomic mass is 32.1. The van der Waals surface area contributed by atoms with Crippen molar-refractivity contribution in [1.29, 1.82) is 0 Å². The number of ketones is 1. The molecular weight excluding hydrogens is 134 g/mol. The number of thiol groups is 1. The Kier molecular flexibility index (Phi) is 2.70. The van der Waals surface area contributed by atoms with Crippen LogP contribution in [0.1, 0.15) is 20.8 Å². The second-order valence-corrected chi connectivity index (χ2v) is 3.62. The van der Waals surface area contributed by atoms with Crippen molar-refractivity contribution in [2.45, 2.75) is 26.1 Å². The molecule has 0 fully saturated rings. The molecule has 0 saturated carbocycles. The van der Waals surface area contributed by atoms with Crippen molar-refractivity contribution in [3.05, 3.63) is 0 Å². The molecule has 0 amide bonds. The second-order valence-electron chi connectivity index (χ2n) is 3.06. The van der Waals surface area contributed by atoms with Crippen molar-refractivity contribution in [1.82, 2.24) is 0 Å². The highest BCUT2D eigenvalue weighted by molar-refractivity contribution is 7.81. The minimum atomic E-state index is -0.634. The Morgan fingerprint density at radius 3 is 1.89 bits per heavy atom. The van der Waals surface area contributed by atoms with Crippen molar-refractivity contribution >= 4 is 18.4 Å². The topological polar surface area (TPSA) is 43.1 Å². The summed E-state index contributed by atoms with van der Waals surface area (Å²) in [5.74, 6) is -0.0224. The van der Waals surface area contributed by atoms with Crippen molar-refractivity contribution in [3.63, 3.8) is 0 Å². The van der Waals surface area contributed by atoms with Crippen molar-refractivity contribution in [2.75, 3.05) is 0 Å². The molecule has 2 nitrogen and oxygen atoms in total. The zero-order chi connectivity index (χ0) is 7.65. The van der Waals surface area contributed by atoms with Gasteiger partial charge in [0.05, 0.1) is 0 Å². The molecule has 2 N–H and O–H groups in total. The average molecular weight is 147 g/mol. The van der Waals surface area contributed by atoms with Crippen molar-refractivity contribution in [3.8, 4) is 0 Å². The van der Waals surface area contributed by atoms with Crippen LogP contribution in [-0.4, -0.2) is 11.2 Å². The summed E-state index contributed by atoms with van der Waals surface area (Å²) in [6, 6.07) is 0. The van der Waals surface area contributed by atoms with E-state index in [0.29, 0.717) is 0 Å². The molecule has 0 radical (unpaired) electrons. The molecule has 0 aliphatic carbocycles. The summed E-state index contributed by atoms with van der Waals surface area (Å²) < 4.78 is 0. The lowest BCUT2D eigenvalue weighted by Gasteiger charge is -2.17. The minimum Gasteiger partial charge on any atom is -0.313 e. The normalized spacial score (nSPS) is 15.2. The Labute approximate surface area is 61.2 Å². The number of Topliss-reactive ketones (excluding diaryl/α,β-unsaturated/α-hetero) is 1. The fourth-order valence-electron chi connectivity index (χ4n) is 0.444. The number of carbonyl (C=O) groups excluding carboxylic acids is 1. The molecule has 9 heavy (non-hydrogen) atoms. The van der Waals surface area contributed by atoms with Gasteiger partial charge in [0, 0.05) is 5.41 Å². The van der Waals surface area contributed by atoms with E-state index in [4.69, 9.17) is 5.73 Å². The molecule has 0 aromatic carbocycles. The van der Waals surface area contributed by atoms with E-state index in [0.717, 1.165) is 0 Å². The van der Waals surface area contributed by atoms with Gasteiger partial charge in [-0.3, -0.25) is 4.79 Å². The van der Waals surface area contributed by atoms with E-state index >= 15 is 0 Å². The van der Waals surface area contributed by atoms with Gasteiger partial charge in [-0.1, -0.05) is 20.8 Å². The summed E-state index contributed by atoms with van der Waals surface area (Å²) in [5.41, 5.74) is 4.88. The van der Waals surface area contributed by atoms with Gasteiger partial charge in [-0.15, -0.1) is 0 Å². The lowest BCUT2D eigenvalue weighted by Crippen LogP contribution is -2.34. The van der Waals surface area contributed by atoms with Crippen LogP contribution in [0.5, 0.6) is 0 Å². The third kappa shape index (κ3) is 2.87. The van der Waals surface area contributed by atoms with Gasteiger partial charge in [-0.05, 0) is 0 Å². The Morgan fingerprint density at radius 2 is 1.89 bits per heavy atom. The van der Waals surface area contributed by atoms with E-state index in [1.54, 1.807) is 0 Å². The molecule has 0 bridgehead atoms. The number of hydrogen-bond donors (Lipinski definition) is 2. The van der Waals surface area contributed by atoms with Crippen molar-refractivity contribution in [2.24, 2.45) is 11.1 Å². The summed E-state index contributed by atoms with van der Waals surface area (Å²) in [6.07, 6.45) is 0. The standard InChI is InChI=1S/C6H13NOS/c1-6(2,3)4(8)5(7)9/h5,9H,7H2,1-3H3. The van der Waals surface area contributed by atoms with E-state index in [1.165, 1.54) is 0 Å². The first-order valence-corrected chi connectivity index (χ1v) is 3.35. The van der Waals surface area contributed by atoms with E-state index in [2.05, 4.69) is 12.6 Å². The minimum absolute atomic E-state index is 0.0224. The van der Waals surface area contributed by atoms with Crippen LogP contribution >= 0.6 is 12.6 Å². The van der Waals surface area contributed by atoms with Crippen LogP contribution in [-0.2, 0) is 4.79 Å². The van der Waals surface area contributed by atoms with Crippen LogP contribution in [0, 0.1) is 5.41 Å². The highest BCUT2D eigenvalue weighted by Gasteiger charge is 2.24. The van der Waals surface area contributed by atoms with E-state index in [9.17, 15) is 4.79 Å². The number of rotatable bonds is 1. The first-order chi connectivity index (χ1) is 3.85. The Bertz CT molecular complexity index is 115. The Balaban J connectivity index is 4.06. The molecule has 0 rings (SSSR count). The molecule has 0 heterocycles. The van der Waals surface area contributed by atoms with Gasteiger partial charge in [0.2, 0.25) is 0 Å². The predicted octanol–water partition coefficient (Wildman–Crippen LogP) is 0.816. The molecular formula is C6H13NOS. The molecule has 0 aliphatic heterocycles. The van der Waals surface area contributed by atoms with Gasteiger partial charge >= 0.3 is 0 Å². The molecule has 0 spiro atoms. The zero-order valence-corrected chi connectivity index (χ0v) is 6.90. The van der Waals surface area contributed by atoms with Crippen LogP contribution in [0.15, 0.2) is 0 Å². The molecule has 54 valence electrons. The maximum absolute atomic E-state index is 11.0. The molecule has 3 heteroatoms. The largest absolute Gasteiger partial charge is 0.313 e. The summed E-state index contributed by atoms with van der Waals surface area (Å²) >= 11 is 3.81. The van der Waals surface area contributed by atoms with Gasteiger partial charge in [-0.25, -0.2) is 0 Å². The van der Waals surface area contributed by atoms with Gasteiger partial charge in [-0.2, -0.15) is 12.6 Å². The fraction of sp³-hybridized carbons (Fsp3) is 0.833. The molecule has 0 aromatic rings. The van der Waals surface area contributed by atoms with E-state index < -0.39 is 5.37 Å². The summed E-state index contributed by atoms with van der Waals surface area (Å²) in [5, 5.41) is -0.634. The first kappa shape index (κ1) is 8.98. The van der Waals surface area contributed by atoms with Crippen molar-refractivity contribution < 1.29 is 4.79 Å². The fourth-order valence-corrected chi connectivity index (χ4v) is 0.831. The number of nitrogens with two attached hydrogens (primary N) is 1. The van der Waals surface area contributed by atoms with Crippen LogP contribution < -0.4 is 5.73 Å². The molecule has 0 aromatic heterocycles. The summed E-state index contributed by atoms with van der Waals surface area (Å²) in [7, 11) is 0. The average Bonchev–Trinajstić information content (AvgIpc) is 1.62. The smallest absolute Gasteiger partial charge is 0.164 e. The maximum Gasteiger partial charge on any atom is 0.164 e. The third-order valence-corrected chi connectivity index (χ3v) is 1.24. The third-order valence-electron chi connectivity index (χ3n) is 1.01. The zero-order valence-electron chi connectivity index (χ0n) is 6.01. The molecule has 1 unspecified atom stereocenters.